The van der Waals surface area contributed by atoms with Gasteiger partial charge in [-0.15, -0.1) is 11.3 Å². The first-order chi connectivity index (χ1) is 15.0. The quantitative estimate of drug-likeness (QED) is 0.245. The Bertz CT molecular complexity index is 1300. The van der Waals surface area contributed by atoms with Gasteiger partial charge in [0.05, 0.1) is 20.7 Å². The minimum atomic E-state index is -0.426. The molecule has 0 bridgehead atoms. The molecule has 2 aromatic heterocycles. The lowest BCUT2D eigenvalue weighted by molar-refractivity contribution is -0.384. The summed E-state index contributed by atoms with van der Waals surface area (Å²) in [6.45, 7) is 0.593. The number of nitro groups is 1. The SMILES string of the molecule is O=[N+]([O-])c1ccccc1N=c1scc(-c2ccc(Cl)c(Cl)c2)n1CCc1ccccn1. The van der Waals surface area contributed by atoms with Crippen LogP contribution in [0.2, 0.25) is 10.0 Å². The van der Waals surface area contributed by atoms with Crippen LogP contribution >= 0.6 is 34.5 Å². The summed E-state index contributed by atoms with van der Waals surface area (Å²) in [6.07, 6.45) is 2.43. The first-order valence-electron chi connectivity index (χ1n) is 9.35. The average molecular weight is 471 g/mol. The largest absolute Gasteiger partial charge is 0.316 e. The topological polar surface area (TPSA) is 73.3 Å². The first-order valence-corrected chi connectivity index (χ1v) is 11.0. The van der Waals surface area contributed by atoms with E-state index in [-0.39, 0.29) is 5.69 Å². The molecule has 2 heterocycles. The number of halogens is 2. The Hall–Kier alpha value is -3.00. The third-order valence-corrected chi connectivity index (χ3v) is 6.23. The molecule has 0 radical (unpaired) electrons. The highest BCUT2D eigenvalue weighted by Gasteiger charge is 2.14. The molecule has 4 aromatic rings. The van der Waals surface area contributed by atoms with Crippen molar-refractivity contribution in [1.82, 2.24) is 9.55 Å². The van der Waals surface area contributed by atoms with E-state index in [4.69, 9.17) is 23.2 Å². The van der Waals surface area contributed by atoms with Crippen molar-refractivity contribution in [3.63, 3.8) is 0 Å². The van der Waals surface area contributed by atoms with Gasteiger partial charge in [0.15, 0.2) is 4.80 Å². The van der Waals surface area contributed by atoms with Crippen LogP contribution in [0.1, 0.15) is 5.69 Å². The van der Waals surface area contributed by atoms with Gasteiger partial charge in [0.25, 0.3) is 5.69 Å². The number of pyridine rings is 1. The Morgan fingerprint density at radius 1 is 1.06 bits per heavy atom. The van der Waals surface area contributed by atoms with E-state index in [1.807, 2.05) is 34.2 Å². The van der Waals surface area contributed by atoms with Gasteiger partial charge < -0.3 is 4.57 Å². The highest BCUT2D eigenvalue weighted by molar-refractivity contribution is 7.07. The lowest BCUT2D eigenvalue weighted by Gasteiger charge is -2.10. The Balaban J connectivity index is 1.82. The van der Waals surface area contributed by atoms with Crippen molar-refractivity contribution >= 4 is 45.9 Å². The maximum Gasteiger partial charge on any atom is 0.294 e. The number of thiazole rings is 1. The van der Waals surface area contributed by atoms with Crippen LogP contribution in [0.15, 0.2) is 77.2 Å². The monoisotopic (exact) mass is 470 g/mol. The highest BCUT2D eigenvalue weighted by atomic mass is 35.5. The van der Waals surface area contributed by atoms with Gasteiger partial charge in [0, 0.05) is 41.9 Å². The summed E-state index contributed by atoms with van der Waals surface area (Å²) in [4.78, 5) is 20.6. The van der Waals surface area contributed by atoms with Gasteiger partial charge in [-0.05, 0) is 30.3 Å². The minimum absolute atomic E-state index is 0.0386. The molecule has 0 saturated carbocycles. The zero-order valence-corrected chi connectivity index (χ0v) is 18.4. The molecule has 0 aliphatic carbocycles. The molecule has 0 saturated heterocycles. The Morgan fingerprint density at radius 3 is 2.61 bits per heavy atom. The summed E-state index contributed by atoms with van der Waals surface area (Å²) in [5.41, 5.74) is 3.00. The van der Waals surface area contributed by atoms with Gasteiger partial charge in [-0.2, -0.15) is 0 Å². The zero-order valence-electron chi connectivity index (χ0n) is 16.1. The third-order valence-electron chi connectivity index (χ3n) is 4.63. The fraction of sp³-hybridized carbons (Fsp3) is 0.0909. The van der Waals surface area contributed by atoms with Crippen molar-refractivity contribution in [3.05, 3.63) is 103 Å². The standard InChI is InChI=1S/C22H16Cl2N4O2S/c23-17-9-8-15(13-18(17)24)21-14-31-22(26-19-6-1-2-7-20(19)28(29)30)27(21)12-10-16-5-3-4-11-25-16/h1-9,11,13-14H,10,12H2. The molecule has 0 spiro atoms. The molecule has 0 unspecified atom stereocenters. The van der Waals surface area contributed by atoms with E-state index in [2.05, 4.69) is 9.98 Å². The lowest BCUT2D eigenvalue weighted by Crippen LogP contribution is -2.17. The van der Waals surface area contributed by atoms with Gasteiger partial charge in [-0.1, -0.05) is 47.5 Å². The molecule has 0 N–H and O–H groups in total. The van der Waals surface area contributed by atoms with Gasteiger partial charge >= 0.3 is 0 Å². The normalized spacial score (nSPS) is 11.6. The maximum atomic E-state index is 11.4. The Morgan fingerprint density at radius 2 is 1.87 bits per heavy atom. The first kappa shape index (κ1) is 21.2. The van der Waals surface area contributed by atoms with Crippen LogP contribution in [0.3, 0.4) is 0 Å². The number of rotatable bonds is 6. The fourth-order valence-electron chi connectivity index (χ4n) is 3.11. The molecule has 6 nitrogen and oxygen atoms in total. The molecule has 0 amide bonds. The number of nitro benzene ring substituents is 1. The average Bonchev–Trinajstić information content (AvgIpc) is 3.17. The van der Waals surface area contributed by atoms with Gasteiger partial charge in [-0.3, -0.25) is 15.1 Å². The van der Waals surface area contributed by atoms with Crippen molar-refractivity contribution in [2.45, 2.75) is 13.0 Å². The minimum Gasteiger partial charge on any atom is -0.316 e. The lowest BCUT2D eigenvalue weighted by atomic mass is 10.1. The van der Waals surface area contributed by atoms with Crippen LogP contribution in [0.4, 0.5) is 11.4 Å². The van der Waals surface area contributed by atoms with Crippen LogP contribution < -0.4 is 4.80 Å². The molecule has 0 fully saturated rings. The van der Waals surface area contributed by atoms with Crippen molar-refractivity contribution < 1.29 is 4.92 Å². The van der Waals surface area contributed by atoms with E-state index in [1.165, 1.54) is 17.4 Å². The molecule has 0 aliphatic heterocycles. The molecule has 2 aromatic carbocycles. The molecule has 31 heavy (non-hydrogen) atoms. The van der Waals surface area contributed by atoms with E-state index in [9.17, 15) is 10.1 Å². The molecule has 0 aliphatic rings. The summed E-state index contributed by atoms with van der Waals surface area (Å²) in [6, 6.07) is 17.7. The van der Waals surface area contributed by atoms with Crippen LogP contribution in [0.25, 0.3) is 11.3 Å². The van der Waals surface area contributed by atoms with E-state index >= 15 is 0 Å². The van der Waals surface area contributed by atoms with Crippen molar-refractivity contribution in [1.29, 1.82) is 0 Å². The smallest absolute Gasteiger partial charge is 0.294 e. The number of nitrogens with zero attached hydrogens (tertiary/aromatic N) is 4. The van der Waals surface area contributed by atoms with E-state index in [1.54, 1.807) is 36.5 Å². The van der Waals surface area contributed by atoms with Crippen molar-refractivity contribution in [2.24, 2.45) is 4.99 Å². The van der Waals surface area contributed by atoms with Crippen LogP contribution in [-0.4, -0.2) is 14.5 Å². The molecule has 156 valence electrons. The summed E-state index contributed by atoms with van der Waals surface area (Å²) < 4.78 is 2.02. The molecule has 0 atom stereocenters. The predicted molar refractivity (Wildman–Crippen MR) is 124 cm³/mol. The van der Waals surface area contributed by atoms with E-state index in [0.717, 1.165) is 17.0 Å². The van der Waals surface area contributed by atoms with E-state index in [0.29, 0.717) is 33.5 Å². The van der Waals surface area contributed by atoms with Crippen LogP contribution in [0, 0.1) is 10.1 Å². The second kappa shape index (κ2) is 9.43. The number of benzene rings is 2. The zero-order chi connectivity index (χ0) is 21.8. The summed E-state index contributed by atoms with van der Waals surface area (Å²) >= 11 is 13.7. The van der Waals surface area contributed by atoms with Crippen LogP contribution in [-0.2, 0) is 13.0 Å². The Kier molecular flexibility index (Phi) is 6.46. The van der Waals surface area contributed by atoms with Gasteiger partial charge in [0.1, 0.15) is 5.69 Å². The number of hydrogen-bond donors (Lipinski definition) is 0. The number of aromatic nitrogens is 2. The predicted octanol–water partition coefficient (Wildman–Crippen LogP) is 6.30. The van der Waals surface area contributed by atoms with E-state index < -0.39 is 4.92 Å². The fourth-order valence-corrected chi connectivity index (χ4v) is 4.36. The third kappa shape index (κ3) is 4.85. The maximum absolute atomic E-state index is 11.4. The Labute approximate surface area is 192 Å². The second-order valence-electron chi connectivity index (χ2n) is 6.61. The van der Waals surface area contributed by atoms with Gasteiger partial charge in [-0.25, -0.2) is 4.99 Å². The van der Waals surface area contributed by atoms with Crippen molar-refractivity contribution in [2.75, 3.05) is 0 Å². The number of hydrogen-bond acceptors (Lipinski definition) is 5. The summed E-state index contributed by atoms with van der Waals surface area (Å²) in [5, 5.41) is 14.3. The van der Waals surface area contributed by atoms with Gasteiger partial charge in [0.2, 0.25) is 0 Å². The molecule has 9 heteroatoms. The summed E-state index contributed by atoms with van der Waals surface area (Å²) in [7, 11) is 0. The second-order valence-corrected chi connectivity index (χ2v) is 8.26. The molecule has 4 rings (SSSR count). The number of aryl methyl sites for hydroxylation is 1. The van der Waals surface area contributed by atoms with Crippen LogP contribution in [0.5, 0.6) is 0 Å². The highest BCUT2D eigenvalue weighted by Crippen LogP contribution is 2.30. The summed E-state index contributed by atoms with van der Waals surface area (Å²) in [5.74, 6) is 0. The molecular formula is C22H16Cl2N4O2S. The molecular weight excluding hydrogens is 455 g/mol. The van der Waals surface area contributed by atoms with Crippen molar-refractivity contribution in [3.8, 4) is 11.3 Å². The number of para-hydroxylation sites is 2.